The Morgan fingerprint density at radius 2 is 1.89 bits per heavy atom. The number of phenolic OH excluding ortho intramolecular Hbond substituents is 1. The number of anilines is 1. The first-order valence-corrected chi connectivity index (χ1v) is 11.9. The molecule has 1 heterocycles. The molecule has 0 spiro atoms. The van der Waals surface area contributed by atoms with Crippen molar-refractivity contribution in [2.75, 3.05) is 32.6 Å². The number of phenols is 1. The van der Waals surface area contributed by atoms with Gasteiger partial charge in [-0.15, -0.1) is 0 Å². The maximum atomic E-state index is 12.5. The van der Waals surface area contributed by atoms with Crippen LogP contribution in [0, 0.1) is 0 Å². The maximum Gasteiger partial charge on any atom is 0.248 e. The summed E-state index contributed by atoms with van der Waals surface area (Å²) in [6, 6.07) is 20.9. The molecule has 0 unspecified atom stereocenters. The number of piperidine rings is 1. The lowest BCUT2D eigenvalue weighted by molar-refractivity contribution is -0.111. The van der Waals surface area contributed by atoms with Crippen LogP contribution in [-0.4, -0.2) is 43.2 Å². The van der Waals surface area contributed by atoms with Crippen molar-refractivity contribution in [1.82, 2.24) is 4.90 Å². The minimum atomic E-state index is -0.267. The number of carbonyl (C=O) groups excluding carboxylic acids is 1. The van der Waals surface area contributed by atoms with E-state index in [-0.39, 0.29) is 11.7 Å². The van der Waals surface area contributed by atoms with Crippen LogP contribution in [0.5, 0.6) is 17.2 Å². The SMILES string of the molecule is COc1ccc(C=CC(=O)Nc2ccccc2COc2cccc(C3CCN(C)CC3)c2)cc1O. The number of nitrogens with zero attached hydrogens (tertiary/aromatic N) is 1. The van der Waals surface area contributed by atoms with Crippen molar-refractivity contribution in [3.63, 3.8) is 0 Å². The van der Waals surface area contributed by atoms with Gasteiger partial charge < -0.3 is 24.8 Å². The molecule has 1 aliphatic heterocycles. The van der Waals surface area contributed by atoms with Gasteiger partial charge in [-0.05, 0) is 86.4 Å². The van der Waals surface area contributed by atoms with E-state index < -0.39 is 0 Å². The summed E-state index contributed by atoms with van der Waals surface area (Å²) in [6.07, 6.45) is 5.41. The first kappa shape index (κ1) is 24.4. The summed E-state index contributed by atoms with van der Waals surface area (Å²) in [5, 5.41) is 12.8. The monoisotopic (exact) mass is 472 g/mol. The first-order chi connectivity index (χ1) is 17.0. The van der Waals surface area contributed by atoms with Crippen molar-refractivity contribution in [3.05, 3.63) is 89.5 Å². The van der Waals surface area contributed by atoms with E-state index in [9.17, 15) is 9.90 Å². The minimum Gasteiger partial charge on any atom is -0.504 e. The van der Waals surface area contributed by atoms with Gasteiger partial charge in [0.05, 0.1) is 7.11 Å². The number of ether oxygens (including phenoxy) is 2. The number of benzene rings is 3. The van der Waals surface area contributed by atoms with Gasteiger partial charge in [0.25, 0.3) is 0 Å². The molecule has 3 aromatic rings. The molecule has 0 saturated carbocycles. The molecule has 1 aliphatic rings. The molecule has 6 nitrogen and oxygen atoms in total. The van der Waals surface area contributed by atoms with E-state index >= 15 is 0 Å². The van der Waals surface area contributed by atoms with Gasteiger partial charge in [-0.25, -0.2) is 0 Å². The van der Waals surface area contributed by atoms with Crippen LogP contribution in [0.4, 0.5) is 5.69 Å². The number of nitrogens with one attached hydrogen (secondary N) is 1. The molecule has 0 radical (unpaired) electrons. The third-order valence-electron chi connectivity index (χ3n) is 6.35. The highest BCUT2D eigenvalue weighted by Crippen LogP contribution is 2.30. The van der Waals surface area contributed by atoms with Crippen molar-refractivity contribution in [2.24, 2.45) is 0 Å². The number of likely N-dealkylation sites (tertiary alicyclic amines) is 1. The highest BCUT2D eigenvalue weighted by atomic mass is 16.5. The molecular weight excluding hydrogens is 440 g/mol. The second kappa shape index (κ2) is 11.6. The van der Waals surface area contributed by atoms with E-state index in [0.717, 1.165) is 24.4 Å². The van der Waals surface area contributed by atoms with Crippen LogP contribution in [0.15, 0.2) is 72.8 Å². The quantitative estimate of drug-likeness (QED) is 0.427. The lowest BCUT2D eigenvalue weighted by atomic mass is 9.89. The third kappa shape index (κ3) is 6.64. The summed E-state index contributed by atoms with van der Waals surface area (Å²) in [6.45, 7) is 2.59. The maximum absolute atomic E-state index is 12.5. The topological polar surface area (TPSA) is 71.0 Å². The summed E-state index contributed by atoms with van der Waals surface area (Å²) in [4.78, 5) is 14.9. The van der Waals surface area contributed by atoms with Crippen LogP contribution in [0.3, 0.4) is 0 Å². The first-order valence-electron chi connectivity index (χ1n) is 11.9. The fraction of sp³-hybridized carbons (Fsp3) is 0.276. The molecule has 0 bridgehead atoms. The second-order valence-electron chi connectivity index (χ2n) is 8.85. The Labute approximate surface area is 206 Å². The van der Waals surface area contributed by atoms with Crippen LogP contribution in [0.2, 0.25) is 0 Å². The normalized spacial score (nSPS) is 14.7. The summed E-state index contributed by atoms with van der Waals surface area (Å²) in [5.74, 6) is 1.55. The van der Waals surface area contributed by atoms with Gasteiger partial charge in [0.1, 0.15) is 12.4 Å². The van der Waals surface area contributed by atoms with E-state index in [1.807, 2.05) is 30.3 Å². The Morgan fingerprint density at radius 3 is 2.66 bits per heavy atom. The molecule has 35 heavy (non-hydrogen) atoms. The number of para-hydroxylation sites is 1. The van der Waals surface area contributed by atoms with Crippen molar-refractivity contribution in [1.29, 1.82) is 0 Å². The molecule has 3 aromatic carbocycles. The zero-order valence-electron chi connectivity index (χ0n) is 20.2. The van der Waals surface area contributed by atoms with E-state index in [4.69, 9.17) is 9.47 Å². The van der Waals surface area contributed by atoms with Crippen molar-refractivity contribution in [3.8, 4) is 17.2 Å². The number of methoxy groups -OCH3 is 1. The van der Waals surface area contributed by atoms with Gasteiger partial charge in [0.2, 0.25) is 5.91 Å². The second-order valence-corrected chi connectivity index (χ2v) is 8.85. The zero-order chi connectivity index (χ0) is 24.6. The summed E-state index contributed by atoms with van der Waals surface area (Å²) >= 11 is 0. The Hall–Kier alpha value is -3.77. The van der Waals surface area contributed by atoms with Crippen LogP contribution >= 0.6 is 0 Å². The van der Waals surface area contributed by atoms with E-state index in [2.05, 4.69) is 35.5 Å². The Balaban J connectivity index is 1.37. The smallest absolute Gasteiger partial charge is 0.248 e. The van der Waals surface area contributed by atoms with Crippen molar-refractivity contribution < 1.29 is 19.4 Å². The Kier molecular flexibility index (Phi) is 8.06. The molecule has 6 heteroatoms. The number of aromatic hydroxyl groups is 1. The van der Waals surface area contributed by atoms with Crippen LogP contribution < -0.4 is 14.8 Å². The fourth-order valence-corrected chi connectivity index (χ4v) is 4.29. The summed E-state index contributed by atoms with van der Waals surface area (Å²) in [7, 11) is 3.66. The lowest BCUT2D eigenvalue weighted by Crippen LogP contribution is -2.29. The predicted molar refractivity (Wildman–Crippen MR) is 139 cm³/mol. The molecule has 0 aromatic heterocycles. The van der Waals surface area contributed by atoms with Gasteiger partial charge in [0.15, 0.2) is 11.5 Å². The number of hydrogen-bond donors (Lipinski definition) is 2. The largest absolute Gasteiger partial charge is 0.504 e. The highest BCUT2D eigenvalue weighted by Gasteiger charge is 2.18. The standard InChI is InChI=1S/C29H32N2O4/c1-31-16-14-22(15-17-31)23-7-5-8-25(19-23)35-20-24-6-3-4-9-26(24)30-29(33)13-11-21-10-12-28(34-2)27(32)18-21/h3-13,18-19,22,32H,14-17,20H2,1-2H3,(H,30,33). The third-order valence-corrected chi connectivity index (χ3v) is 6.35. The van der Waals surface area contributed by atoms with Crippen LogP contribution in [0.25, 0.3) is 6.08 Å². The van der Waals surface area contributed by atoms with E-state index in [1.165, 1.54) is 31.6 Å². The molecular formula is C29H32N2O4. The number of rotatable bonds is 8. The molecule has 0 atom stereocenters. The highest BCUT2D eigenvalue weighted by molar-refractivity contribution is 6.02. The molecule has 1 amide bonds. The summed E-state index contributed by atoms with van der Waals surface area (Å²) < 4.78 is 11.2. The van der Waals surface area contributed by atoms with Crippen LogP contribution in [0.1, 0.15) is 35.4 Å². The van der Waals surface area contributed by atoms with Gasteiger partial charge in [-0.3, -0.25) is 4.79 Å². The van der Waals surface area contributed by atoms with E-state index in [1.54, 1.807) is 24.3 Å². The van der Waals surface area contributed by atoms with Gasteiger partial charge in [-0.2, -0.15) is 0 Å². The number of hydrogen-bond acceptors (Lipinski definition) is 5. The van der Waals surface area contributed by atoms with Crippen molar-refractivity contribution >= 4 is 17.7 Å². The zero-order valence-corrected chi connectivity index (χ0v) is 20.2. The molecule has 4 rings (SSSR count). The average Bonchev–Trinajstić information content (AvgIpc) is 2.88. The molecule has 1 fully saturated rings. The molecule has 0 aliphatic carbocycles. The minimum absolute atomic E-state index is 0.0254. The van der Waals surface area contributed by atoms with Crippen LogP contribution in [-0.2, 0) is 11.4 Å². The number of amides is 1. The van der Waals surface area contributed by atoms with Gasteiger partial charge in [-0.1, -0.05) is 36.4 Å². The molecule has 2 N–H and O–H groups in total. The molecule has 1 saturated heterocycles. The Morgan fingerprint density at radius 1 is 1.09 bits per heavy atom. The average molecular weight is 473 g/mol. The van der Waals surface area contributed by atoms with Crippen molar-refractivity contribution in [2.45, 2.75) is 25.4 Å². The molecule has 182 valence electrons. The lowest BCUT2D eigenvalue weighted by Gasteiger charge is -2.29. The van der Waals surface area contributed by atoms with Gasteiger partial charge >= 0.3 is 0 Å². The fourth-order valence-electron chi connectivity index (χ4n) is 4.29. The number of carbonyl (C=O) groups is 1. The predicted octanol–water partition coefficient (Wildman–Crippen LogP) is 5.44. The Bertz CT molecular complexity index is 1180. The summed E-state index contributed by atoms with van der Waals surface area (Å²) in [5.41, 5.74) is 3.61. The van der Waals surface area contributed by atoms with E-state index in [0.29, 0.717) is 29.5 Å². The van der Waals surface area contributed by atoms with Gasteiger partial charge in [0, 0.05) is 17.3 Å².